The average molecular weight is 453 g/mol. The Morgan fingerprint density at radius 1 is 0.897 bits per heavy atom. The molecule has 29 heavy (non-hydrogen) atoms. The zero-order chi connectivity index (χ0) is 22.7. The molecule has 0 aliphatic heterocycles. The van der Waals surface area contributed by atoms with E-state index in [2.05, 4.69) is 41.2 Å². The fraction of sp³-hybridized carbons (Fsp3) is 0.688. The summed E-state index contributed by atoms with van der Waals surface area (Å²) in [7, 11) is 0. The number of rotatable bonds is 13. The first kappa shape index (κ1) is 27.0. The lowest BCUT2D eigenvalue weighted by Gasteiger charge is -2.25. The summed E-state index contributed by atoms with van der Waals surface area (Å²) in [5, 5.41) is 25.1. The zero-order valence-corrected chi connectivity index (χ0v) is 17.9. The molecule has 0 rings (SSSR count). The molecule has 0 aromatic rings. The number of carbonyl (C=O) groups is 5. The van der Waals surface area contributed by atoms with E-state index in [1.54, 1.807) is 13.8 Å². The Labute approximate surface area is 179 Å². The maximum absolute atomic E-state index is 12.4. The fourth-order valence-corrected chi connectivity index (χ4v) is 2.57. The molecular formula is C16H28N4O7S2. The molecular weight excluding hydrogens is 424 g/mol. The summed E-state index contributed by atoms with van der Waals surface area (Å²) in [4.78, 5) is 59.2. The first-order chi connectivity index (χ1) is 13.5. The molecule has 0 fully saturated rings. The van der Waals surface area contributed by atoms with E-state index in [0.717, 1.165) is 0 Å². The third kappa shape index (κ3) is 9.37. The molecule has 5 unspecified atom stereocenters. The van der Waals surface area contributed by atoms with Gasteiger partial charge in [0.2, 0.25) is 17.7 Å². The first-order valence-electron chi connectivity index (χ1n) is 8.81. The molecule has 0 bridgehead atoms. The van der Waals surface area contributed by atoms with Crippen molar-refractivity contribution >= 4 is 54.9 Å². The van der Waals surface area contributed by atoms with Crippen molar-refractivity contribution in [1.82, 2.24) is 16.0 Å². The Morgan fingerprint density at radius 3 is 1.83 bits per heavy atom. The van der Waals surface area contributed by atoms with Crippen LogP contribution in [0.25, 0.3) is 0 Å². The number of aliphatic carboxylic acids is 2. The highest BCUT2D eigenvalue weighted by atomic mass is 32.1. The Bertz CT molecular complexity index is 620. The molecule has 0 aromatic heterocycles. The monoisotopic (exact) mass is 452 g/mol. The molecule has 0 aliphatic rings. The van der Waals surface area contributed by atoms with Gasteiger partial charge in [0.1, 0.15) is 18.1 Å². The van der Waals surface area contributed by atoms with Crippen LogP contribution in [0.15, 0.2) is 0 Å². The van der Waals surface area contributed by atoms with Gasteiger partial charge in [-0.3, -0.25) is 19.2 Å². The second kappa shape index (κ2) is 13.3. The minimum atomic E-state index is -1.55. The van der Waals surface area contributed by atoms with Crippen LogP contribution < -0.4 is 21.7 Å². The molecule has 0 spiro atoms. The minimum Gasteiger partial charge on any atom is -0.481 e. The highest BCUT2D eigenvalue weighted by molar-refractivity contribution is 7.80. The van der Waals surface area contributed by atoms with Gasteiger partial charge in [-0.2, -0.15) is 25.3 Å². The predicted octanol–water partition coefficient (Wildman–Crippen LogP) is -1.77. The molecule has 3 amide bonds. The van der Waals surface area contributed by atoms with Crippen molar-refractivity contribution < 1.29 is 34.2 Å². The standard InChI is InChI=1S/C16H28N4O7S2/c1-3-7(2)12(16(26)27)20-14(24)9(4-11(21)22)18-15(25)10(6-29)19-13(23)8(17)5-28/h7-10,12,28-29H,3-6,17H2,1-2H3,(H,18,25)(H,19,23)(H,20,24)(H,21,22)(H,26,27). The van der Waals surface area contributed by atoms with Gasteiger partial charge in [-0.1, -0.05) is 20.3 Å². The smallest absolute Gasteiger partial charge is 0.326 e. The van der Waals surface area contributed by atoms with Crippen LogP contribution in [0.5, 0.6) is 0 Å². The molecule has 0 aliphatic carbocycles. The van der Waals surface area contributed by atoms with Crippen LogP contribution >= 0.6 is 25.3 Å². The van der Waals surface area contributed by atoms with Gasteiger partial charge in [0.25, 0.3) is 0 Å². The Morgan fingerprint density at radius 2 is 1.41 bits per heavy atom. The van der Waals surface area contributed by atoms with Crippen molar-refractivity contribution in [3.8, 4) is 0 Å². The van der Waals surface area contributed by atoms with E-state index in [4.69, 9.17) is 10.8 Å². The quantitative estimate of drug-likeness (QED) is 0.151. The van der Waals surface area contributed by atoms with Gasteiger partial charge in [0, 0.05) is 11.5 Å². The van der Waals surface area contributed by atoms with Crippen LogP contribution in [-0.4, -0.2) is 75.5 Å². The van der Waals surface area contributed by atoms with Gasteiger partial charge in [0.05, 0.1) is 12.5 Å². The van der Waals surface area contributed by atoms with Crippen LogP contribution in [0.1, 0.15) is 26.7 Å². The summed E-state index contributed by atoms with van der Waals surface area (Å²) in [5.41, 5.74) is 5.52. The third-order valence-corrected chi connectivity index (χ3v) is 4.90. The van der Waals surface area contributed by atoms with Gasteiger partial charge in [0.15, 0.2) is 0 Å². The first-order valence-corrected chi connectivity index (χ1v) is 10.1. The highest BCUT2D eigenvalue weighted by Gasteiger charge is 2.32. The molecule has 0 saturated heterocycles. The number of hydrogen-bond acceptors (Lipinski definition) is 8. The van der Waals surface area contributed by atoms with Gasteiger partial charge in [-0.15, -0.1) is 0 Å². The van der Waals surface area contributed by atoms with Crippen LogP contribution in [0.4, 0.5) is 0 Å². The highest BCUT2D eigenvalue weighted by Crippen LogP contribution is 2.09. The van der Waals surface area contributed by atoms with Gasteiger partial charge in [-0.05, 0) is 5.92 Å². The lowest BCUT2D eigenvalue weighted by Crippen LogP contribution is -2.58. The predicted molar refractivity (Wildman–Crippen MR) is 111 cm³/mol. The van der Waals surface area contributed by atoms with Crippen molar-refractivity contribution in [3.05, 3.63) is 0 Å². The van der Waals surface area contributed by atoms with Gasteiger partial charge < -0.3 is 31.9 Å². The molecule has 0 radical (unpaired) electrons. The Balaban J connectivity index is 5.32. The summed E-state index contributed by atoms with van der Waals surface area (Å²) in [5.74, 6) is -5.72. The molecule has 13 heteroatoms. The number of nitrogens with one attached hydrogen (secondary N) is 3. The maximum atomic E-state index is 12.4. The van der Waals surface area contributed by atoms with Crippen LogP contribution in [-0.2, 0) is 24.0 Å². The summed E-state index contributed by atoms with van der Waals surface area (Å²) in [6.07, 6.45) is -0.333. The lowest BCUT2D eigenvalue weighted by molar-refractivity contribution is -0.144. The van der Waals surface area contributed by atoms with Crippen LogP contribution in [0.3, 0.4) is 0 Å². The van der Waals surface area contributed by atoms with E-state index in [1.165, 1.54) is 0 Å². The topological polar surface area (TPSA) is 188 Å². The second-order valence-electron chi connectivity index (χ2n) is 6.40. The van der Waals surface area contributed by atoms with Gasteiger partial charge in [-0.25, -0.2) is 4.79 Å². The van der Waals surface area contributed by atoms with E-state index < -0.39 is 66.2 Å². The molecule has 166 valence electrons. The number of amides is 3. The number of nitrogens with two attached hydrogens (primary N) is 1. The molecule has 0 aromatic carbocycles. The Kier molecular flexibility index (Phi) is 12.4. The van der Waals surface area contributed by atoms with Crippen molar-refractivity contribution in [2.75, 3.05) is 11.5 Å². The summed E-state index contributed by atoms with van der Waals surface area (Å²) < 4.78 is 0. The van der Waals surface area contributed by atoms with Crippen molar-refractivity contribution in [2.24, 2.45) is 11.7 Å². The summed E-state index contributed by atoms with van der Waals surface area (Å²) in [6, 6.07) is -4.97. The zero-order valence-electron chi connectivity index (χ0n) is 16.1. The third-order valence-electron chi connectivity index (χ3n) is 4.14. The van der Waals surface area contributed by atoms with E-state index in [1.807, 2.05) is 0 Å². The number of carboxylic acid groups (broad SMARTS) is 2. The van der Waals surface area contributed by atoms with Crippen molar-refractivity contribution in [3.63, 3.8) is 0 Å². The lowest BCUT2D eigenvalue weighted by atomic mass is 9.98. The largest absolute Gasteiger partial charge is 0.481 e. The SMILES string of the molecule is CCC(C)C(NC(=O)C(CC(=O)O)NC(=O)C(CS)NC(=O)C(N)CS)C(=O)O. The molecule has 7 N–H and O–H groups in total. The summed E-state index contributed by atoms with van der Waals surface area (Å²) in [6.45, 7) is 3.35. The molecule has 11 nitrogen and oxygen atoms in total. The minimum absolute atomic E-state index is 0.0307. The Hall–Kier alpha value is -1.99. The molecule has 5 atom stereocenters. The average Bonchev–Trinajstić information content (AvgIpc) is 2.66. The number of hydrogen-bond donors (Lipinski definition) is 8. The normalized spacial score (nSPS) is 15.9. The maximum Gasteiger partial charge on any atom is 0.326 e. The molecule has 0 heterocycles. The van der Waals surface area contributed by atoms with E-state index >= 15 is 0 Å². The molecule has 0 saturated carbocycles. The fourth-order valence-electron chi connectivity index (χ4n) is 2.15. The summed E-state index contributed by atoms with van der Waals surface area (Å²) >= 11 is 7.84. The van der Waals surface area contributed by atoms with E-state index in [-0.39, 0.29) is 11.5 Å². The van der Waals surface area contributed by atoms with Gasteiger partial charge >= 0.3 is 11.9 Å². The number of carboxylic acids is 2. The number of thiol groups is 2. The van der Waals surface area contributed by atoms with Crippen molar-refractivity contribution in [2.45, 2.75) is 50.9 Å². The second-order valence-corrected chi connectivity index (χ2v) is 7.13. The number of carbonyl (C=O) groups excluding carboxylic acids is 3. The van der Waals surface area contributed by atoms with E-state index in [0.29, 0.717) is 6.42 Å². The van der Waals surface area contributed by atoms with E-state index in [9.17, 15) is 29.1 Å². The van der Waals surface area contributed by atoms with Crippen LogP contribution in [0.2, 0.25) is 0 Å². The van der Waals surface area contributed by atoms with Crippen LogP contribution in [0, 0.1) is 5.92 Å². The van der Waals surface area contributed by atoms with Crippen molar-refractivity contribution in [1.29, 1.82) is 0 Å².